The fourth-order valence-corrected chi connectivity index (χ4v) is 5.07. The van der Waals surface area contributed by atoms with Gasteiger partial charge >= 0.3 is 5.97 Å². The van der Waals surface area contributed by atoms with Crippen LogP contribution in [0.2, 0.25) is 0 Å². The average molecular weight is 496 g/mol. The molecule has 2 aromatic carbocycles. The molecule has 1 aliphatic rings. The Bertz CT molecular complexity index is 1340. The molecule has 1 atom stereocenters. The van der Waals surface area contributed by atoms with E-state index in [-0.39, 0.29) is 18.3 Å². The lowest BCUT2D eigenvalue weighted by Crippen LogP contribution is -2.41. The second-order valence-electron chi connectivity index (χ2n) is 10.6. The highest BCUT2D eigenvalue weighted by Crippen LogP contribution is 2.47. The number of amides is 1. The first-order valence-electron chi connectivity index (χ1n) is 12.1. The zero-order chi connectivity index (χ0) is 26.5. The lowest BCUT2D eigenvalue weighted by Gasteiger charge is -2.36. The number of aliphatic carboxylic acids is 1. The summed E-state index contributed by atoms with van der Waals surface area (Å²) in [5.41, 5.74) is 4.78. The number of rotatable bonds is 6. The van der Waals surface area contributed by atoms with Crippen LogP contribution in [0.3, 0.4) is 0 Å². The fraction of sp³-hybridized carbons (Fsp3) is 0.429. The highest BCUT2D eigenvalue weighted by Gasteiger charge is 2.36. The fourth-order valence-electron chi connectivity index (χ4n) is 5.07. The Morgan fingerprint density at radius 3 is 2.33 bits per heavy atom. The van der Waals surface area contributed by atoms with E-state index in [0.29, 0.717) is 29.8 Å². The number of aryl methyl sites for hydroxylation is 1. The molecule has 1 N–H and O–H groups in total. The molecule has 8 heteroatoms. The third kappa shape index (κ3) is 4.57. The zero-order valence-corrected chi connectivity index (χ0v) is 22.0. The third-order valence-corrected chi connectivity index (χ3v) is 6.65. The van der Waals surface area contributed by atoms with E-state index in [9.17, 15) is 19.1 Å². The first-order valence-corrected chi connectivity index (χ1v) is 12.1. The van der Waals surface area contributed by atoms with E-state index in [1.165, 1.54) is 12.1 Å². The second-order valence-corrected chi connectivity index (χ2v) is 10.6. The summed E-state index contributed by atoms with van der Waals surface area (Å²) in [6.45, 7) is 10.9. The van der Waals surface area contributed by atoms with Crippen molar-refractivity contribution in [2.24, 2.45) is 0 Å². The van der Waals surface area contributed by atoms with Crippen molar-refractivity contribution in [1.29, 1.82) is 0 Å². The number of aromatic nitrogens is 1. The summed E-state index contributed by atoms with van der Waals surface area (Å²) < 4.78 is 22.2. The number of carboxylic acids is 1. The lowest BCUT2D eigenvalue weighted by atomic mass is 9.87. The standard InChI is InChI=1S/C28H34FN3O4/c1-16-14-20-23(18-8-10-19(29)11-9-18)22(26(27(34)35)36-28(3,4)5)17(2)24-25(20)32(16)13-12-31(24)15-21(33)30(6)7/h8-11,14,26H,12-13,15H2,1-7H3,(H,34,35)/t26-/m0/s1. The average Bonchev–Trinajstić information content (AvgIpc) is 3.11. The lowest BCUT2D eigenvalue weighted by molar-refractivity contribution is -0.160. The molecular formula is C28H34FN3O4. The Kier molecular flexibility index (Phi) is 6.60. The van der Waals surface area contributed by atoms with Crippen molar-refractivity contribution in [3.8, 4) is 11.1 Å². The van der Waals surface area contributed by atoms with Crippen LogP contribution in [-0.4, -0.2) is 59.2 Å². The van der Waals surface area contributed by atoms with Gasteiger partial charge < -0.3 is 24.2 Å². The van der Waals surface area contributed by atoms with E-state index in [1.807, 2.05) is 45.6 Å². The SMILES string of the molecule is Cc1c([C@H](OC(C)(C)C)C(=O)O)c(-c2ccc(F)cc2)c2cc(C)n3c2c1N(CC(=O)N(C)C)CC3. The summed E-state index contributed by atoms with van der Waals surface area (Å²) in [5.74, 6) is -1.51. The van der Waals surface area contributed by atoms with E-state index >= 15 is 0 Å². The van der Waals surface area contributed by atoms with E-state index in [4.69, 9.17) is 4.74 Å². The van der Waals surface area contributed by atoms with Gasteiger partial charge in [-0.05, 0) is 69.5 Å². The maximum atomic E-state index is 13.9. The summed E-state index contributed by atoms with van der Waals surface area (Å²) >= 11 is 0. The molecule has 192 valence electrons. The molecule has 1 aromatic heterocycles. The number of hydrogen-bond donors (Lipinski definition) is 1. The highest BCUT2D eigenvalue weighted by molar-refractivity contribution is 6.08. The van der Waals surface area contributed by atoms with Crippen LogP contribution in [0, 0.1) is 19.7 Å². The predicted octanol–water partition coefficient (Wildman–Crippen LogP) is 4.91. The summed E-state index contributed by atoms with van der Waals surface area (Å²) in [5, 5.41) is 11.2. The van der Waals surface area contributed by atoms with E-state index in [1.54, 1.807) is 31.1 Å². The van der Waals surface area contributed by atoms with Crippen LogP contribution in [0.15, 0.2) is 30.3 Å². The van der Waals surface area contributed by atoms with Gasteiger partial charge in [-0.25, -0.2) is 9.18 Å². The summed E-state index contributed by atoms with van der Waals surface area (Å²) in [7, 11) is 3.45. The van der Waals surface area contributed by atoms with Gasteiger partial charge in [-0.15, -0.1) is 0 Å². The number of benzene rings is 2. The number of nitrogens with zero attached hydrogens (tertiary/aromatic N) is 3. The van der Waals surface area contributed by atoms with Gasteiger partial charge in [0.15, 0.2) is 6.10 Å². The molecule has 0 saturated carbocycles. The minimum Gasteiger partial charge on any atom is -0.479 e. The van der Waals surface area contributed by atoms with Gasteiger partial charge in [-0.2, -0.15) is 0 Å². The van der Waals surface area contributed by atoms with Crippen molar-refractivity contribution in [2.45, 2.75) is 52.9 Å². The Hall–Kier alpha value is -3.39. The molecule has 0 fully saturated rings. The number of likely N-dealkylation sites (N-methyl/N-ethyl adjacent to an activating group) is 1. The number of carbonyl (C=O) groups excluding carboxylic acids is 1. The molecule has 7 nitrogen and oxygen atoms in total. The topological polar surface area (TPSA) is 75.0 Å². The monoisotopic (exact) mass is 495 g/mol. The number of anilines is 1. The number of carbonyl (C=O) groups is 2. The minimum atomic E-state index is -1.26. The van der Waals surface area contributed by atoms with Crippen LogP contribution in [0.4, 0.5) is 10.1 Å². The summed E-state index contributed by atoms with van der Waals surface area (Å²) in [4.78, 5) is 29.0. The maximum Gasteiger partial charge on any atom is 0.337 e. The zero-order valence-electron chi connectivity index (χ0n) is 22.0. The van der Waals surface area contributed by atoms with Crippen molar-refractivity contribution in [3.63, 3.8) is 0 Å². The molecule has 0 bridgehead atoms. The summed E-state index contributed by atoms with van der Waals surface area (Å²) in [6, 6.07) is 8.16. The van der Waals surface area contributed by atoms with Gasteiger partial charge in [-0.3, -0.25) is 4.79 Å². The first-order chi connectivity index (χ1) is 16.8. The highest BCUT2D eigenvalue weighted by atomic mass is 19.1. The number of halogens is 1. The Balaban J connectivity index is 2.11. The molecule has 0 aliphatic carbocycles. The van der Waals surface area contributed by atoms with Crippen molar-refractivity contribution >= 4 is 28.5 Å². The van der Waals surface area contributed by atoms with Gasteiger partial charge in [0, 0.05) is 43.8 Å². The largest absolute Gasteiger partial charge is 0.479 e. The Morgan fingerprint density at radius 1 is 1.14 bits per heavy atom. The van der Waals surface area contributed by atoms with Crippen LogP contribution in [0.25, 0.3) is 22.0 Å². The molecule has 1 aliphatic heterocycles. The number of carboxylic acid groups (broad SMARTS) is 1. The number of hydrogen-bond acceptors (Lipinski definition) is 4. The number of ether oxygens (including phenoxy) is 1. The molecule has 0 spiro atoms. The normalized spacial score (nSPS) is 14.3. The quantitative estimate of drug-likeness (QED) is 0.526. The molecule has 3 aromatic rings. The molecule has 36 heavy (non-hydrogen) atoms. The minimum absolute atomic E-state index is 0.0378. The van der Waals surface area contributed by atoms with Gasteiger partial charge in [0.1, 0.15) is 5.82 Å². The van der Waals surface area contributed by atoms with Gasteiger partial charge in [0.2, 0.25) is 5.91 Å². The van der Waals surface area contributed by atoms with Crippen LogP contribution < -0.4 is 4.90 Å². The molecule has 1 amide bonds. The predicted molar refractivity (Wildman–Crippen MR) is 139 cm³/mol. The van der Waals surface area contributed by atoms with Crippen LogP contribution >= 0.6 is 0 Å². The molecule has 0 radical (unpaired) electrons. The van der Waals surface area contributed by atoms with E-state index in [2.05, 4.69) is 4.57 Å². The van der Waals surface area contributed by atoms with Crippen LogP contribution in [0.5, 0.6) is 0 Å². The molecular weight excluding hydrogens is 461 g/mol. The first kappa shape index (κ1) is 25.7. The van der Waals surface area contributed by atoms with Crippen molar-refractivity contribution in [2.75, 3.05) is 32.1 Å². The van der Waals surface area contributed by atoms with Crippen LogP contribution in [0.1, 0.15) is 43.7 Å². The van der Waals surface area contributed by atoms with Crippen molar-refractivity contribution in [3.05, 3.63) is 53.0 Å². The van der Waals surface area contributed by atoms with Crippen LogP contribution in [-0.2, 0) is 20.9 Å². The molecule has 4 rings (SSSR count). The van der Waals surface area contributed by atoms with Crippen molar-refractivity contribution < 1.29 is 23.8 Å². The van der Waals surface area contributed by atoms with E-state index < -0.39 is 17.7 Å². The molecule has 2 heterocycles. The maximum absolute atomic E-state index is 13.9. The third-order valence-electron chi connectivity index (χ3n) is 6.65. The van der Waals surface area contributed by atoms with Gasteiger partial charge in [-0.1, -0.05) is 12.1 Å². The smallest absolute Gasteiger partial charge is 0.337 e. The molecule has 0 saturated heterocycles. The van der Waals surface area contributed by atoms with Gasteiger partial charge in [0.25, 0.3) is 0 Å². The van der Waals surface area contributed by atoms with Crippen molar-refractivity contribution in [1.82, 2.24) is 9.47 Å². The van der Waals surface area contributed by atoms with Gasteiger partial charge in [0.05, 0.1) is 23.3 Å². The van der Waals surface area contributed by atoms with E-state index in [0.717, 1.165) is 27.8 Å². The molecule has 0 unspecified atom stereocenters. The Labute approximate surface area is 211 Å². The Morgan fingerprint density at radius 2 is 1.78 bits per heavy atom. The summed E-state index contributed by atoms with van der Waals surface area (Å²) in [6.07, 6.45) is -1.26. The second kappa shape index (κ2) is 9.24.